The largest absolute Gasteiger partial charge is 0.465 e. The lowest BCUT2D eigenvalue weighted by atomic mass is 10.2. The van der Waals surface area contributed by atoms with Gasteiger partial charge in [-0.05, 0) is 59.0 Å². The van der Waals surface area contributed by atoms with Crippen molar-refractivity contribution >= 4 is 40.9 Å². The summed E-state index contributed by atoms with van der Waals surface area (Å²) in [5.74, 6) is -0.744. The van der Waals surface area contributed by atoms with E-state index in [-0.39, 0.29) is 17.6 Å². The van der Waals surface area contributed by atoms with Crippen molar-refractivity contribution in [3.8, 4) is 5.69 Å². The molecule has 0 saturated carbocycles. The van der Waals surface area contributed by atoms with Crippen LogP contribution in [0, 0.1) is 0 Å². The molecular weight excluding hydrogens is 408 g/mol. The first-order chi connectivity index (χ1) is 14.5. The predicted molar refractivity (Wildman–Crippen MR) is 111 cm³/mol. The van der Waals surface area contributed by atoms with Gasteiger partial charge in [0.2, 0.25) is 17.0 Å². The van der Waals surface area contributed by atoms with Crippen LogP contribution in [0.3, 0.4) is 0 Å². The Balaban J connectivity index is 1.59. The fourth-order valence-electron chi connectivity index (χ4n) is 2.45. The number of nitrogens with zero attached hydrogens (tertiary/aromatic N) is 4. The van der Waals surface area contributed by atoms with Crippen LogP contribution in [0.2, 0.25) is 0 Å². The number of benzene rings is 2. The minimum Gasteiger partial charge on any atom is -0.465 e. The number of nitrogens with one attached hydrogen (secondary N) is 2. The quantitative estimate of drug-likeness (QED) is 0.434. The molecule has 0 spiro atoms. The minimum absolute atomic E-state index is 0.0913. The molecule has 1 aromatic heterocycles. The van der Waals surface area contributed by atoms with Crippen molar-refractivity contribution in [2.24, 2.45) is 0 Å². The maximum absolute atomic E-state index is 12.2. The van der Waals surface area contributed by atoms with Crippen molar-refractivity contribution in [3.05, 3.63) is 54.1 Å². The average molecular weight is 426 g/mol. The Morgan fingerprint density at radius 1 is 1.00 bits per heavy atom. The zero-order valence-electron chi connectivity index (χ0n) is 16.2. The molecule has 0 unspecified atom stereocenters. The second-order valence-corrected chi connectivity index (χ2v) is 6.95. The van der Waals surface area contributed by atoms with Gasteiger partial charge in [0.25, 0.3) is 0 Å². The van der Waals surface area contributed by atoms with E-state index in [0.717, 1.165) is 0 Å². The Morgan fingerprint density at radius 2 is 1.63 bits per heavy atom. The summed E-state index contributed by atoms with van der Waals surface area (Å²) in [6, 6.07) is 13.4. The second-order valence-electron chi connectivity index (χ2n) is 6.01. The summed E-state index contributed by atoms with van der Waals surface area (Å²) in [5, 5.41) is 17.4. The van der Waals surface area contributed by atoms with Crippen molar-refractivity contribution < 1.29 is 19.1 Å². The molecule has 3 aromatic rings. The van der Waals surface area contributed by atoms with E-state index in [4.69, 9.17) is 0 Å². The van der Waals surface area contributed by atoms with Crippen LogP contribution in [0.1, 0.15) is 17.3 Å². The van der Waals surface area contributed by atoms with Gasteiger partial charge in [-0.25, -0.2) is 4.79 Å². The van der Waals surface area contributed by atoms with Crippen molar-refractivity contribution in [2.75, 3.05) is 23.5 Å². The Labute approximate surface area is 176 Å². The number of anilines is 2. The Hall–Kier alpha value is -3.73. The lowest BCUT2D eigenvalue weighted by Crippen LogP contribution is -2.14. The number of ether oxygens (including phenoxy) is 1. The van der Waals surface area contributed by atoms with Gasteiger partial charge < -0.3 is 15.4 Å². The van der Waals surface area contributed by atoms with Gasteiger partial charge in [-0.3, -0.25) is 9.59 Å². The number of methoxy groups -OCH3 is 1. The number of esters is 1. The van der Waals surface area contributed by atoms with Crippen LogP contribution in [0.5, 0.6) is 0 Å². The number of carbonyl (C=O) groups excluding carboxylic acids is 3. The van der Waals surface area contributed by atoms with E-state index in [2.05, 4.69) is 30.9 Å². The molecule has 30 heavy (non-hydrogen) atoms. The molecule has 11 heteroatoms. The van der Waals surface area contributed by atoms with Gasteiger partial charge in [-0.15, -0.1) is 5.10 Å². The molecule has 10 nitrogen and oxygen atoms in total. The highest BCUT2D eigenvalue weighted by atomic mass is 32.2. The summed E-state index contributed by atoms with van der Waals surface area (Å²) in [6.45, 7) is 1.42. The molecule has 0 bridgehead atoms. The summed E-state index contributed by atoms with van der Waals surface area (Å²) in [7, 11) is 1.31. The van der Waals surface area contributed by atoms with Crippen molar-refractivity contribution in [3.63, 3.8) is 0 Å². The Morgan fingerprint density at radius 3 is 2.23 bits per heavy atom. The van der Waals surface area contributed by atoms with Crippen LogP contribution in [-0.4, -0.2) is 50.9 Å². The molecule has 3 rings (SSSR count). The first kappa shape index (κ1) is 21.0. The smallest absolute Gasteiger partial charge is 0.337 e. The molecule has 154 valence electrons. The topological polar surface area (TPSA) is 128 Å². The summed E-state index contributed by atoms with van der Waals surface area (Å²) < 4.78 is 6.15. The summed E-state index contributed by atoms with van der Waals surface area (Å²) in [5.41, 5.74) is 2.30. The van der Waals surface area contributed by atoms with E-state index in [1.165, 1.54) is 30.5 Å². The van der Waals surface area contributed by atoms with Gasteiger partial charge in [0.15, 0.2) is 0 Å². The summed E-state index contributed by atoms with van der Waals surface area (Å²) in [4.78, 5) is 34.8. The van der Waals surface area contributed by atoms with Gasteiger partial charge in [-0.1, -0.05) is 11.8 Å². The fraction of sp³-hybridized carbons (Fsp3) is 0.158. The van der Waals surface area contributed by atoms with Crippen molar-refractivity contribution in [2.45, 2.75) is 12.1 Å². The lowest BCUT2D eigenvalue weighted by Gasteiger charge is -2.07. The molecule has 0 fully saturated rings. The van der Waals surface area contributed by atoms with Crippen LogP contribution < -0.4 is 10.6 Å². The number of carbonyl (C=O) groups is 3. The zero-order chi connectivity index (χ0) is 21.5. The van der Waals surface area contributed by atoms with E-state index >= 15 is 0 Å². The van der Waals surface area contributed by atoms with E-state index < -0.39 is 5.97 Å². The number of hydrogen-bond donors (Lipinski definition) is 2. The molecule has 0 aliphatic rings. The number of tetrazole rings is 1. The molecule has 0 saturated heterocycles. The highest BCUT2D eigenvalue weighted by Crippen LogP contribution is 2.20. The SMILES string of the molecule is COC(=O)c1ccc(-n2nnnc2SCC(=O)Nc2ccc(NC(C)=O)cc2)cc1. The highest BCUT2D eigenvalue weighted by molar-refractivity contribution is 7.99. The lowest BCUT2D eigenvalue weighted by molar-refractivity contribution is -0.114. The maximum atomic E-state index is 12.2. The highest BCUT2D eigenvalue weighted by Gasteiger charge is 2.13. The number of rotatable bonds is 7. The molecule has 2 N–H and O–H groups in total. The first-order valence-corrected chi connectivity index (χ1v) is 9.72. The number of hydrogen-bond acceptors (Lipinski definition) is 8. The molecule has 0 atom stereocenters. The Kier molecular flexibility index (Phi) is 6.75. The van der Waals surface area contributed by atoms with Crippen LogP contribution in [-0.2, 0) is 14.3 Å². The van der Waals surface area contributed by atoms with Crippen LogP contribution in [0.25, 0.3) is 5.69 Å². The van der Waals surface area contributed by atoms with Gasteiger partial charge in [0.05, 0.1) is 24.1 Å². The second kappa shape index (κ2) is 9.65. The average Bonchev–Trinajstić information content (AvgIpc) is 3.21. The molecule has 2 amide bonds. The summed E-state index contributed by atoms with van der Waals surface area (Å²) in [6.07, 6.45) is 0. The van der Waals surface area contributed by atoms with Crippen molar-refractivity contribution in [1.29, 1.82) is 0 Å². The third-order valence-electron chi connectivity index (χ3n) is 3.80. The van der Waals surface area contributed by atoms with Gasteiger partial charge in [0, 0.05) is 18.3 Å². The summed E-state index contributed by atoms with van der Waals surface area (Å²) >= 11 is 1.17. The number of amides is 2. The van der Waals surface area contributed by atoms with E-state index in [9.17, 15) is 14.4 Å². The zero-order valence-corrected chi connectivity index (χ0v) is 17.0. The standard InChI is InChI=1S/C19H18N6O4S/c1-12(26)20-14-5-7-15(8-6-14)21-17(27)11-30-19-22-23-24-25(19)16-9-3-13(4-10-16)18(28)29-2/h3-10H,11H2,1-2H3,(H,20,26)(H,21,27). The van der Waals surface area contributed by atoms with E-state index in [1.807, 2.05) is 0 Å². The Bertz CT molecular complexity index is 1050. The molecule has 2 aromatic carbocycles. The fourth-order valence-corrected chi connectivity index (χ4v) is 3.15. The third-order valence-corrected chi connectivity index (χ3v) is 4.71. The normalized spacial score (nSPS) is 10.3. The number of thioether (sulfide) groups is 1. The van der Waals surface area contributed by atoms with Crippen LogP contribution in [0.4, 0.5) is 11.4 Å². The monoisotopic (exact) mass is 426 g/mol. The third kappa shape index (κ3) is 5.41. The van der Waals surface area contributed by atoms with Crippen molar-refractivity contribution in [1.82, 2.24) is 20.2 Å². The molecule has 0 aliphatic heterocycles. The molecule has 0 radical (unpaired) electrons. The molecule has 1 heterocycles. The maximum Gasteiger partial charge on any atom is 0.337 e. The van der Waals surface area contributed by atoms with Gasteiger partial charge >= 0.3 is 5.97 Å². The molecular formula is C19H18N6O4S. The van der Waals surface area contributed by atoms with Crippen LogP contribution in [0.15, 0.2) is 53.7 Å². The molecule has 0 aliphatic carbocycles. The predicted octanol–water partition coefficient (Wildman–Crippen LogP) is 2.14. The van der Waals surface area contributed by atoms with Crippen LogP contribution >= 0.6 is 11.8 Å². The van der Waals surface area contributed by atoms with Gasteiger partial charge in [-0.2, -0.15) is 4.68 Å². The minimum atomic E-state index is -0.436. The van der Waals surface area contributed by atoms with Gasteiger partial charge in [0.1, 0.15) is 0 Å². The van der Waals surface area contributed by atoms with E-state index in [1.54, 1.807) is 48.5 Å². The van der Waals surface area contributed by atoms with E-state index in [0.29, 0.717) is 27.8 Å². The number of aromatic nitrogens is 4. The first-order valence-electron chi connectivity index (χ1n) is 8.73.